The quantitative estimate of drug-likeness (QED) is 0.540. The van der Waals surface area contributed by atoms with Crippen molar-refractivity contribution in [2.45, 2.75) is 19.9 Å². The van der Waals surface area contributed by atoms with Gasteiger partial charge in [0.15, 0.2) is 12.4 Å². The Morgan fingerprint density at radius 2 is 1.87 bits per heavy atom. The van der Waals surface area contributed by atoms with Crippen LogP contribution in [0.2, 0.25) is 0 Å². The molecule has 1 heterocycles. The monoisotopic (exact) mass is 407 g/mol. The van der Waals surface area contributed by atoms with Crippen molar-refractivity contribution in [3.8, 4) is 0 Å². The van der Waals surface area contributed by atoms with Crippen molar-refractivity contribution in [2.24, 2.45) is 5.73 Å². The Labute approximate surface area is 172 Å². The van der Waals surface area contributed by atoms with Gasteiger partial charge in [-0.25, -0.2) is 4.79 Å². The minimum atomic E-state index is -1.02. The van der Waals surface area contributed by atoms with Crippen LogP contribution in [0.15, 0.2) is 53.5 Å². The van der Waals surface area contributed by atoms with Crippen LogP contribution < -0.4 is 16.6 Å². The lowest BCUT2D eigenvalue weighted by molar-refractivity contribution is -0.124. The molecule has 0 radical (unpaired) electrons. The van der Waals surface area contributed by atoms with E-state index >= 15 is 0 Å². The maximum Gasteiger partial charge on any atom is 0.405 e. The van der Waals surface area contributed by atoms with Crippen LogP contribution in [-0.2, 0) is 9.53 Å². The molecule has 1 atom stereocenters. The van der Waals surface area contributed by atoms with Gasteiger partial charge < -0.3 is 20.8 Å². The first-order valence-corrected chi connectivity index (χ1v) is 9.25. The third-order valence-electron chi connectivity index (χ3n) is 4.78. The zero-order valence-corrected chi connectivity index (χ0v) is 16.5. The van der Waals surface area contributed by atoms with Gasteiger partial charge in [-0.15, -0.1) is 0 Å². The van der Waals surface area contributed by atoms with Crippen LogP contribution in [0.5, 0.6) is 0 Å². The molecule has 2 amide bonds. The maximum absolute atomic E-state index is 13.2. The van der Waals surface area contributed by atoms with Crippen molar-refractivity contribution in [3.05, 3.63) is 81.3 Å². The standard InChI is InChI=1S/C22H21N3O5/c1-12-10-14(13(2)25-19(26)11-30-22(23)29)6-7-15(12)20(27)17-4-3-5-18-16(17)8-9-24-21(18)28/h3-10,13H,11H2,1-2H3,(H2,23,29)(H,24,28)(H,25,26)/t13-/m0/s1. The fraction of sp³-hybridized carbons (Fsp3) is 0.182. The predicted molar refractivity (Wildman–Crippen MR) is 111 cm³/mol. The maximum atomic E-state index is 13.2. The lowest BCUT2D eigenvalue weighted by atomic mass is 9.93. The number of amides is 2. The number of hydrogen-bond acceptors (Lipinski definition) is 5. The molecule has 0 fully saturated rings. The second kappa shape index (κ2) is 8.60. The van der Waals surface area contributed by atoms with Gasteiger partial charge in [-0.05, 0) is 42.5 Å². The first-order valence-electron chi connectivity index (χ1n) is 9.25. The average Bonchev–Trinajstić information content (AvgIpc) is 2.71. The minimum absolute atomic E-state index is 0.193. The highest BCUT2D eigenvalue weighted by molar-refractivity contribution is 6.16. The lowest BCUT2D eigenvalue weighted by Gasteiger charge is -2.16. The van der Waals surface area contributed by atoms with E-state index in [0.29, 0.717) is 21.9 Å². The van der Waals surface area contributed by atoms with Crippen molar-refractivity contribution in [3.63, 3.8) is 0 Å². The molecule has 4 N–H and O–H groups in total. The number of nitrogens with two attached hydrogens (primary N) is 1. The summed E-state index contributed by atoms with van der Waals surface area (Å²) in [5, 5.41) is 3.73. The molecule has 3 aromatic rings. The molecule has 0 bridgehead atoms. The molecule has 30 heavy (non-hydrogen) atoms. The molecule has 8 heteroatoms. The second-order valence-corrected chi connectivity index (χ2v) is 6.87. The van der Waals surface area contributed by atoms with E-state index in [1.165, 1.54) is 6.20 Å². The summed E-state index contributed by atoms with van der Waals surface area (Å²) in [6.45, 7) is 3.12. The largest absolute Gasteiger partial charge is 0.440 e. The number of ether oxygens (including phenoxy) is 1. The second-order valence-electron chi connectivity index (χ2n) is 6.87. The fourth-order valence-electron chi connectivity index (χ4n) is 3.28. The number of ketones is 1. The topological polar surface area (TPSA) is 131 Å². The van der Waals surface area contributed by atoms with Gasteiger partial charge >= 0.3 is 6.09 Å². The SMILES string of the molecule is Cc1cc([C@H](C)NC(=O)COC(N)=O)ccc1C(=O)c1cccc2c(=O)[nH]ccc12. The molecule has 154 valence electrons. The van der Waals surface area contributed by atoms with Gasteiger partial charge in [-0.3, -0.25) is 14.4 Å². The van der Waals surface area contributed by atoms with Crippen molar-refractivity contribution in [1.29, 1.82) is 0 Å². The van der Waals surface area contributed by atoms with Crippen molar-refractivity contribution >= 4 is 28.6 Å². The van der Waals surface area contributed by atoms with E-state index in [9.17, 15) is 19.2 Å². The highest BCUT2D eigenvalue weighted by Gasteiger charge is 2.17. The summed E-state index contributed by atoms with van der Waals surface area (Å²) in [6.07, 6.45) is 0.496. The van der Waals surface area contributed by atoms with E-state index in [2.05, 4.69) is 15.0 Å². The van der Waals surface area contributed by atoms with Gasteiger partial charge in [0.25, 0.3) is 11.5 Å². The van der Waals surface area contributed by atoms with Crippen LogP contribution in [-0.4, -0.2) is 29.4 Å². The summed E-state index contributed by atoms with van der Waals surface area (Å²) >= 11 is 0. The number of benzene rings is 2. The molecular weight excluding hydrogens is 386 g/mol. The van der Waals surface area contributed by atoms with Gasteiger partial charge in [0.05, 0.1) is 6.04 Å². The number of nitrogens with one attached hydrogen (secondary N) is 2. The normalized spacial score (nSPS) is 11.7. The summed E-state index contributed by atoms with van der Waals surface area (Å²) in [7, 11) is 0. The number of H-pyrrole nitrogens is 1. The number of primary amides is 1. The smallest absolute Gasteiger partial charge is 0.405 e. The Morgan fingerprint density at radius 3 is 2.57 bits per heavy atom. The van der Waals surface area contributed by atoms with Crippen LogP contribution in [0.25, 0.3) is 10.8 Å². The van der Waals surface area contributed by atoms with E-state index in [-0.39, 0.29) is 17.4 Å². The Balaban J connectivity index is 1.85. The lowest BCUT2D eigenvalue weighted by Crippen LogP contribution is -2.32. The van der Waals surface area contributed by atoms with Crippen molar-refractivity contribution in [2.75, 3.05) is 6.61 Å². The molecule has 0 aliphatic carbocycles. The van der Waals surface area contributed by atoms with E-state index in [1.54, 1.807) is 50.2 Å². The molecule has 0 unspecified atom stereocenters. The summed E-state index contributed by atoms with van der Waals surface area (Å²) in [4.78, 5) is 50.2. The van der Waals surface area contributed by atoms with Crippen molar-refractivity contribution < 1.29 is 19.1 Å². The van der Waals surface area contributed by atoms with Gasteiger partial charge in [-0.1, -0.05) is 30.3 Å². The Morgan fingerprint density at radius 1 is 1.10 bits per heavy atom. The number of rotatable bonds is 6. The Kier molecular flexibility index (Phi) is 5.96. The number of pyridine rings is 1. The third-order valence-corrected chi connectivity index (χ3v) is 4.78. The number of aromatic amines is 1. The van der Waals surface area contributed by atoms with Crippen LogP contribution in [0.3, 0.4) is 0 Å². The molecule has 0 saturated heterocycles. The first-order chi connectivity index (χ1) is 14.3. The highest BCUT2D eigenvalue weighted by atomic mass is 16.5. The summed E-state index contributed by atoms with van der Waals surface area (Å²) in [5.74, 6) is -0.679. The number of fused-ring (bicyclic) bond motifs is 1. The molecule has 8 nitrogen and oxygen atoms in total. The molecule has 0 aliphatic heterocycles. The zero-order chi connectivity index (χ0) is 21.8. The molecule has 3 rings (SSSR count). The summed E-state index contributed by atoms with van der Waals surface area (Å²) < 4.78 is 4.46. The van der Waals surface area contributed by atoms with Crippen LogP contribution >= 0.6 is 0 Å². The van der Waals surface area contributed by atoms with Gasteiger partial charge in [0.2, 0.25) is 0 Å². The fourth-order valence-corrected chi connectivity index (χ4v) is 3.28. The van der Waals surface area contributed by atoms with Crippen molar-refractivity contribution in [1.82, 2.24) is 10.3 Å². The molecular formula is C22H21N3O5. The van der Waals surface area contributed by atoms with E-state index in [0.717, 1.165) is 11.1 Å². The van der Waals surface area contributed by atoms with E-state index in [4.69, 9.17) is 5.73 Å². The number of aryl methyl sites for hydroxylation is 1. The predicted octanol–water partition coefficient (Wildman–Crippen LogP) is 2.34. The summed E-state index contributed by atoms with van der Waals surface area (Å²) in [6, 6.07) is 11.6. The van der Waals surface area contributed by atoms with Crippen LogP contribution in [0, 0.1) is 6.92 Å². The van der Waals surface area contributed by atoms with E-state index < -0.39 is 18.6 Å². The molecule has 2 aromatic carbocycles. The van der Waals surface area contributed by atoms with Gasteiger partial charge in [-0.2, -0.15) is 0 Å². The number of aromatic nitrogens is 1. The zero-order valence-electron chi connectivity index (χ0n) is 16.5. The van der Waals surface area contributed by atoms with Crippen LogP contribution in [0.4, 0.5) is 4.79 Å². The Hall–Kier alpha value is -3.94. The minimum Gasteiger partial charge on any atom is -0.440 e. The van der Waals surface area contributed by atoms with Crippen LogP contribution in [0.1, 0.15) is 40.0 Å². The number of carbonyl (C=O) groups excluding carboxylic acids is 3. The molecule has 1 aromatic heterocycles. The molecule has 0 aliphatic rings. The van der Waals surface area contributed by atoms with Gasteiger partial charge in [0.1, 0.15) is 0 Å². The number of hydrogen-bond donors (Lipinski definition) is 3. The van der Waals surface area contributed by atoms with Gasteiger partial charge in [0, 0.05) is 22.7 Å². The first kappa shape index (κ1) is 20.8. The Bertz CT molecular complexity index is 1200. The van der Waals surface area contributed by atoms with E-state index in [1.807, 2.05) is 6.07 Å². The molecule has 0 saturated carbocycles. The summed E-state index contributed by atoms with van der Waals surface area (Å²) in [5.41, 5.74) is 7.05. The third kappa shape index (κ3) is 4.38. The average molecular weight is 407 g/mol. The number of carbonyl (C=O) groups is 3. The molecule has 0 spiro atoms. The highest BCUT2D eigenvalue weighted by Crippen LogP contribution is 2.23.